The number of fused-ring (bicyclic) bond motifs is 4. The number of carbonyl (C=O) groups is 1. The van der Waals surface area contributed by atoms with Crippen LogP contribution in [0, 0.1) is 0 Å². The summed E-state index contributed by atoms with van der Waals surface area (Å²) in [6.45, 7) is 7.51. The van der Waals surface area contributed by atoms with Crippen molar-refractivity contribution in [2.24, 2.45) is 0 Å². The second-order valence-electron chi connectivity index (χ2n) is 10.6. The maximum atomic E-state index is 11.2. The second-order valence-corrected chi connectivity index (χ2v) is 10.6. The summed E-state index contributed by atoms with van der Waals surface area (Å²) >= 11 is 0. The van der Waals surface area contributed by atoms with Crippen LogP contribution in [-0.4, -0.2) is 91.0 Å². The number of ether oxygens (including phenoxy) is 8. The van der Waals surface area contributed by atoms with E-state index in [1.165, 1.54) is 0 Å². The van der Waals surface area contributed by atoms with E-state index >= 15 is 0 Å². The normalized spacial score (nSPS) is 48.7. The topological polar surface area (TPSA) is 111 Å². The lowest BCUT2D eigenvalue weighted by Crippen LogP contribution is -2.55. The lowest BCUT2D eigenvalue weighted by Gasteiger charge is -2.44. The summed E-state index contributed by atoms with van der Waals surface area (Å²) in [5, 5.41) is 9.47. The molecule has 2 spiro atoms. The largest absolute Gasteiger partial charge is 0.393 e. The summed E-state index contributed by atoms with van der Waals surface area (Å²) < 4.78 is 45.4. The minimum Gasteiger partial charge on any atom is -0.393 e. The zero-order chi connectivity index (χ0) is 23.1. The summed E-state index contributed by atoms with van der Waals surface area (Å²) in [4.78, 5) is 11.2. The lowest BCUT2D eigenvalue weighted by molar-refractivity contribution is -0.277. The van der Waals surface area contributed by atoms with Gasteiger partial charge in [0.2, 0.25) is 0 Å². The van der Waals surface area contributed by atoms with Gasteiger partial charge in [-0.15, -0.1) is 0 Å². The van der Waals surface area contributed by atoms with Gasteiger partial charge in [-0.05, 0) is 27.7 Å². The van der Waals surface area contributed by atoms with Crippen molar-refractivity contribution in [1.82, 2.24) is 0 Å². The van der Waals surface area contributed by atoms with E-state index in [4.69, 9.17) is 37.9 Å². The number of rotatable bonds is 2. The molecule has 4 aliphatic heterocycles. The van der Waals surface area contributed by atoms with Crippen LogP contribution in [0.1, 0.15) is 53.4 Å². The molecule has 4 heterocycles. The molecule has 6 aliphatic rings. The van der Waals surface area contributed by atoms with Gasteiger partial charge in [-0.25, -0.2) is 0 Å². The van der Waals surface area contributed by atoms with Crippen LogP contribution in [-0.2, 0) is 42.7 Å². The first-order valence-corrected chi connectivity index (χ1v) is 11.2. The highest BCUT2D eigenvalue weighted by Crippen LogP contribution is 2.53. The van der Waals surface area contributed by atoms with Crippen molar-refractivity contribution in [2.45, 2.75) is 119 Å². The third-order valence-corrected chi connectivity index (χ3v) is 7.15. The van der Waals surface area contributed by atoms with E-state index in [1.807, 2.05) is 27.7 Å². The molecule has 10 nitrogen and oxygen atoms in total. The van der Waals surface area contributed by atoms with Gasteiger partial charge in [0.05, 0.1) is 6.10 Å². The van der Waals surface area contributed by atoms with Crippen LogP contribution < -0.4 is 0 Å². The summed E-state index contributed by atoms with van der Waals surface area (Å²) in [5.74, 6) is -1.01. The molecular weight excluding hydrogens is 424 g/mol. The van der Waals surface area contributed by atoms with Crippen LogP contribution in [0.5, 0.6) is 0 Å². The van der Waals surface area contributed by atoms with Crippen molar-refractivity contribution < 1.29 is 47.8 Å². The van der Waals surface area contributed by atoms with Crippen LogP contribution in [0.4, 0.5) is 0 Å². The van der Waals surface area contributed by atoms with Crippen LogP contribution in [0.3, 0.4) is 0 Å². The Balaban J connectivity index is 0.000000135. The van der Waals surface area contributed by atoms with Gasteiger partial charge in [0.1, 0.15) is 41.4 Å². The zero-order valence-electron chi connectivity index (χ0n) is 19.5. The van der Waals surface area contributed by atoms with Gasteiger partial charge in [0.15, 0.2) is 24.2 Å². The smallest absolute Gasteiger partial charge is 0.186 e. The molecule has 1 N–H and O–H groups in total. The molecule has 10 heteroatoms. The summed E-state index contributed by atoms with van der Waals surface area (Å²) in [7, 11) is 3.18. The van der Waals surface area contributed by atoms with Crippen LogP contribution in [0.2, 0.25) is 0 Å². The average molecular weight is 459 g/mol. The molecule has 6 atom stereocenters. The fourth-order valence-corrected chi connectivity index (χ4v) is 5.85. The molecule has 0 unspecified atom stereocenters. The molecule has 6 fully saturated rings. The Morgan fingerprint density at radius 1 is 0.750 bits per heavy atom. The molecule has 0 aromatic carbocycles. The Bertz CT molecular complexity index is 752. The minimum absolute atomic E-state index is 0.129. The van der Waals surface area contributed by atoms with E-state index in [9.17, 15) is 9.90 Å². The van der Waals surface area contributed by atoms with Gasteiger partial charge >= 0.3 is 0 Å². The SMILES string of the molecule is CO[C@@H]1OC2(CC(=O)C2)[C@H]2OC(C)(C)O[C@@H]12.CO[C@@H]1OC2(CC(O)C2)[C@H]2OC(C)(C)O[C@@H]12. The standard InChI is InChI=1S/C11H18O5.C11H16O5/c2*1-10(2)14-7-8(15-10)11(4-6(12)5-11)16-9(7)13-3/h6-9,12H,4-5H2,1-3H3;7-9H,4-5H2,1-3H3/t6?,7-,8+,9-,11?;7-,8+,9-/m11/s1. The van der Waals surface area contributed by atoms with E-state index in [1.54, 1.807) is 14.2 Å². The zero-order valence-corrected chi connectivity index (χ0v) is 19.5. The summed E-state index contributed by atoms with van der Waals surface area (Å²) in [6, 6.07) is 0. The maximum Gasteiger partial charge on any atom is 0.186 e. The van der Waals surface area contributed by atoms with Crippen molar-refractivity contribution in [3.63, 3.8) is 0 Å². The third kappa shape index (κ3) is 3.55. The predicted octanol–water partition coefficient (Wildman–Crippen LogP) is 1.01. The average Bonchev–Trinajstić information content (AvgIpc) is 3.31. The van der Waals surface area contributed by atoms with Crippen molar-refractivity contribution >= 4 is 5.78 Å². The molecule has 2 saturated carbocycles. The Morgan fingerprint density at radius 3 is 1.59 bits per heavy atom. The van der Waals surface area contributed by atoms with Crippen LogP contribution >= 0.6 is 0 Å². The number of hydrogen-bond donors (Lipinski definition) is 1. The fourth-order valence-electron chi connectivity index (χ4n) is 5.85. The highest BCUT2D eigenvalue weighted by Gasteiger charge is 2.68. The molecular formula is C22H34O10. The minimum atomic E-state index is -0.623. The number of Topliss-reactive ketones (excluding diaryl/α,β-unsaturated/α-hetero) is 1. The second kappa shape index (κ2) is 7.40. The molecule has 0 amide bonds. The van der Waals surface area contributed by atoms with Gasteiger partial charge in [-0.3, -0.25) is 4.79 Å². The highest BCUT2D eigenvalue weighted by molar-refractivity contribution is 5.87. The number of methoxy groups -OCH3 is 2. The molecule has 6 rings (SSSR count). The fraction of sp³-hybridized carbons (Fsp3) is 0.955. The Hall–Kier alpha value is -0.690. The maximum absolute atomic E-state index is 11.2. The van der Waals surface area contributed by atoms with Gasteiger partial charge < -0.3 is 43.0 Å². The van der Waals surface area contributed by atoms with Crippen LogP contribution in [0.15, 0.2) is 0 Å². The summed E-state index contributed by atoms with van der Waals surface area (Å²) in [6.07, 6.45) is 0.186. The van der Waals surface area contributed by atoms with E-state index in [2.05, 4.69) is 0 Å². The van der Waals surface area contributed by atoms with Crippen molar-refractivity contribution in [1.29, 1.82) is 0 Å². The number of aliphatic hydroxyl groups excluding tert-OH is 1. The molecule has 0 bridgehead atoms. The Kier molecular flexibility index (Phi) is 5.34. The van der Waals surface area contributed by atoms with E-state index < -0.39 is 29.1 Å². The third-order valence-electron chi connectivity index (χ3n) is 7.15. The monoisotopic (exact) mass is 458 g/mol. The quantitative estimate of drug-likeness (QED) is 0.644. The molecule has 32 heavy (non-hydrogen) atoms. The summed E-state index contributed by atoms with van der Waals surface area (Å²) in [5.41, 5.74) is -0.908. The van der Waals surface area contributed by atoms with Gasteiger partial charge in [-0.1, -0.05) is 0 Å². The van der Waals surface area contributed by atoms with Crippen molar-refractivity contribution in [2.75, 3.05) is 14.2 Å². The number of hydrogen-bond acceptors (Lipinski definition) is 10. The Labute approximate surface area is 187 Å². The first-order valence-electron chi connectivity index (χ1n) is 11.2. The first kappa shape index (κ1) is 23.1. The molecule has 0 aromatic heterocycles. The van der Waals surface area contributed by atoms with Gasteiger partial charge in [-0.2, -0.15) is 0 Å². The van der Waals surface area contributed by atoms with E-state index in [0.717, 1.165) is 0 Å². The van der Waals surface area contributed by atoms with Gasteiger partial charge in [0.25, 0.3) is 0 Å². The highest BCUT2D eigenvalue weighted by atomic mass is 16.8. The van der Waals surface area contributed by atoms with E-state index in [0.29, 0.717) is 25.7 Å². The number of carbonyl (C=O) groups excluding carboxylic acids is 1. The van der Waals surface area contributed by atoms with Gasteiger partial charge in [0, 0.05) is 39.9 Å². The number of ketones is 1. The van der Waals surface area contributed by atoms with E-state index in [-0.39, 0.29) is 42.6 Å². The molecule has 4 saturated heterocycles. The number of aliphatic hydroxyl groups is 1. The molecule has 0 radical (unpaired) electrons. The lowest BCUT2D eigenvalue weighted by atomic mass is 9.73. The molecule has 0 aromatic rings. The molecule has 2 aliphatic carbocycles. The first-order chi connectivity index (χ1) is 14.9. The predicted molar refractivity (Wildman–Crippen MR) is 106 cm³/mol. The molecule has 182 valence electrons. The van der Waals surface area contributed by atoms with Crippen molar-refractivity contribution in [3.05, 3.63) is 0 Å². The van der Waals surface area contributed by atoms with Crippen molar-refractivity contribution in [3.8, 4) is 0 Å². The van der Waals surface area contributed by atoms with Crippen LogP contribution in [0.25, 0.3) is 0 Å². The Morgan fingerprint density at radius 2 is 1.19 bits per heavy atom.